The normalized spacial score (nSPS) is 19.1. The van der Waals surface area contributed by atoms with E-state index in [9.17, 15) is 4.79 Å². The number of hydrogen-bond donors (Lipinski definition) is 2. The van der Waals surface area contributed by atoms with Gasteiger partial charge in [0.1, 0.15) is 18.2 Å². The zero-order valence-corrected chi connectivity index (χ0v) is 19.6. The maximum Gasteiger partial charge on any atom is 0.408 e. The van der Waals surface area contributed by atoms with Gasteiger partial charge in [-0.25, -0.2) is 9.18 Å². The van der Waals surface area contributed by atoms with Gasteiger partial charge in [0, 0.05) is 22.5 Å². The van der Waals surface area contributed by atoms with Crippen LogP contribution < -0.4 is 10.1 Å². The van der Waals surface area contributed by atoms with E-state index in [4.69, 9.17) is 9.47 Å². The second kappa shape index (κ2) is 9.66. The van der Waals surface area contributed by atoms with Crippen LogP contribution in [-0.4, -0.2) is 18.2 Å². The van der Waals surface area contributed by atoms with Crippen molar-refractivity contribution >= 4 is 17.0 Å². The van der Waals surface area contributed by atoms with Crippen molar-refractivity contribution in [2.24, 2.45) is 5.92 Å². The van der Waals surface area contributed by atoms with E-state index >= 15 is 4.39 Å². The highest BCUT2D eigenvalue weighted by atomic mass is 19.1. The van der Waals surface area contributed by atoms with E-state index < -0.39 is 12.1 Å². The molecule has 35 heavy (non-hydrogen) atoms. The number of carbonyl (C=O) groups is 1. The average Bonchev–Trinajstić information content (AvgIpc) is 3.19. The molecule has 2 N–H and O–H groups in total. The van der Waals surface area contributed by atoms with E-state index in [1.165, 1.54) is 6.07 Å². The van der Waals surface area contributed by atoms with Gasteiger partial charge in [0.15, 0.2) is 0 Å². The van der Waals surface area contributed by atoms with Crippen LogP contribution in [0.15, 0.2) is 84.9 Å². The molecule has 3 aromatic carbocycles. The van der Waals surface area contributed by atoms with Crippen molar-refractivity contribution < 1.29 is 18.7 Å². The molecule has 1 heterocycles. The van der Waals surface area contributed by atoms with Gasteiger partial charge in [-0.1, -0.05) is 67.6 Å². The largest absolute Gasteiger partial charge is 0.497 e. The maximum absolute atomic E-state index is 15.0. The van der Waals surface area contributed by atoms with Gasteiger partial charge in [0.25, 0.3) is 0 Å². The Bertz CT molecular complexity index is 1380. The quantitative estimate of drug-likeness (QED) is 0.322. The van der Waals surface area contributed by atoms with E-state index in [1.807, 2.05) is 72.8 Å². The molecule has 0 spiro atoms. The molecular weight excluding hydrogens is 443 g/mol. The minimum absolute atomic E-state index is 0.0250. The van der Waals surface area contributed by atoms with Crippen molar-refractivity contribution in [2.45, 2.75) is 25.5 Å². The first-order valence-electron chi connectivity index (χ1n) is 11.6. The number of alkyl carbamates (subject to hydrolysis) is 1. The number of fused-ring (bicyclic) bond motifs is 3. The third-order valence-electron chi connectivity index (χ3n) is 6.56. The molecule has 6 heteroatoms. The summed E-state index contributed by atoms with van der Waals surface area (Å²) in [7, 11) is 1.62. The fraction of sp³-hybridized carbons (Fsp3) is 0.207. The zero-order valence-electron chi connectivity index (χ0n) is 19.6. The molecule has 0 bridgehead atoms. The third-order valence-corrected chi connectivity index (χ3v) is 6.56. The summed E-state index contributed by atoms with van der Waals surface area (Å²) in [6.07, 6.45) is 3.45. The molecule has 0 aliphatic heterocycles. The van der Waals surface area contributed by atoms with Crippen LogP contribution in [0.2, 0.25) is 0 Å². The fourth-order valence-corrected chi connectivity index (χ4v) is 4.85. The first kappa shape index (κ1) is 22.7. The molecule has 5 nitrogen and oxygen atoms in total. The number of ether oxygens (including phenoxy) is 2. The lowest BCUT2D eigenvalue weighted by atomic mass is 9.80. The number of aromatic amines is 1. The van der Waals surface area contributed by atoms with Gasteiger partial charge < -0.3 is 19.8 Å². The summed E-state index contributed by atoms with van der Waals surface area (Å²) in [6, 6.07) is 21.7. The Hall–Kier alpha value is -4.06. The molecule has 0 radical (unpaired) electrons. The first-order valence-corrected chi connectivity index (χ1v) is 11.6. The molecule has 5 rings (SSSR count). The number of amides is 1. The summed E-state index contributed by atoms with van der Waals surface area (Å²) in [5, 5.41) is 3.92. The van der Waals surface area contributed by atoms with Crippen molar-refractivity contribution in [1.82, 2.24) is 10.3 Å². The van der Waals surface area contributed by atoms with Crippen molar-refractivity contribution in [3.05, 3.63) is 113 Å². The van der Waals surface area contributed by atoms with Crippen LogP contribution in [0.25, 0.3) is 10.9 Å². The Labute approximate surface area is 203 Å². The number of aromatic nitrogens is 1. The highest BCUT2D eigenvalue weighted by Crippen LogP contribution is 2.45. The summed E-state index contributed by atoms with van der Waals surface area (Å²) < 4.78 is 26.0. The highest BCUT2D eigenvalue weighted by Gasteiger charge is 2.33. The van der Waals surface area contributed by atoms with Crippen LogP contribution in [0.3, 0.4) is 0 Å². The Morgan fingerprint density at radius 1 is 1.03 bits per heavy atom. The third kappa shape index (κ3) is 4.52. The van der Waals surface area contributed by atoms with Gasteiger partial charge in [0.2, 0.25) is 0 Å². The van der Waals surface area contributed by atoms with Gasteiger partial charge in [-0.3, -0.25) is 0 Å². The summed E-state index contributed by atoms with van der Waals surface area (Å²) in [5.41, 5.74) is 4.16. The SMILES string of the molecule is COc1ccc2[nH]c3c(c2c1)[C@@H](c1ccccc1F)[C@@H](C)C=C[C@H]3NC(=O)OCc1ccccc1. The number of H-pyrrole nitrogens is 1. The van der Waals surface area contributed by atoms with Gasteiger partial charge in [-0.2, -0.15) is 0 Å². The molecule has 0 saturated heterocycles. The predicted molar refractivity (Wildman–Crippen MR) is 134 cm³/mol. The molecule has 1 aliphatic rings. The van der Waals surface area contributed by atoms with Crippen LogP contribution in [0.5, 0.6) is 5.75 Å². The van der Waals surface area contributed by atoms with Crippen LogP contribution in [0.4, 0.5) is 9.18 Å². The minimum Gasteiger partial charge on any atom is -0.497 e. The molecule has 178 valence electrons. The number of halogens is 1. The molecule has 0 unspecified atom stereocenters. The van der Waals surface area contributed by atoms with Crippen molar-refractivity contribution in [3.8, 4) is 5.75 Å². The number of methoxy groups -OCH3 is 1. The Kier molecular flexibility index (Phi) is 6.27. The van der Waals surface area contributed by atoms with Crippen molar-refractivity contribution in [3.63, 3.8) is 0 Å². The van der Waals surface area contributed by atoms with Gasteiger partial charge in [0.05, 0.1) is 13.2 Å². The summed E-state index contributed by atoms with van der Waals surface area (Å²) >= 11 is 0. The van der Waals surface area contributed by atoms with E-state index in [0.717, 1.165) is 27.7 Å². The Morgan fingerprint density at radius 2 is 1.80 bits per heavy atom. The topological polar surface area (TPSA) is 63.3 Å². The molecule has 4 aromatic rings. The van der Waals surface area contributed by atoms with Crippen molar-refractivity contribution in [1.29, 1.82) is 0 Å². The Morgan fingerprint density at radius 3 is 2.57 bits per heavy atom. The first-order chi connectivity index (χ1) is 17.0. The lowest BCUT2D eigenvalue weighted by Crippen LogP contribution is -2.28. The summed E-state index contributed by atoms with van der Waals surface area (Å²) in [4.78, 5) is 16.2. The maximum atomic E-state index is 15.0. The number of allylic oxidation sites excluding steroid dienone is 1. The molecule has 3 atom stereocenters. The number of rotatable bonds is 5. The highest BCUT2D eigenvalue weighted by molar-refractivity contribution is 5.88. The van der Waals surface area contributed by atoms with E-state index in [1.54, 1.807) is 13.2 Å². The van der Waals surface area contributed by atoms with E-state index in [-0.39, 0.29) is 24.3 Å². The van der Waals surface area contributed by atoms with E-state index in [2.05, 4.69) is 17.2 Å². The second-order valence-corrected chi connectivity index (χ2v) is 8.79. The number of benzene rings is 3. The van der Waals surface area contributed by atoms with Gasteiger partial charge in [-0.05, 0) is 46.9 Å². The lowest BCUT2D eigenvalue weighted by molar-refractivity contribution is 0.137. The molecule has 1 aliphatic carbocycles. The molecule has 0 saturated carbocycles. The van der Waals surface area contributed by atoms with Crippen LogP contribution in [0.1, 0.15) is 41.3 Å². The number of carbonyl (C=O) groups excluding carboxylic acids is 1. The Balaban J connectivity index is 1.55. The van der Waals surface area contributed by atoms with Crippen LogP contribution >= 0.6 is 0 Å². The zero-order chi connectivity index (χ0) is 24.4. The van der Waals surface area contributed by atoms with Crippen molar-refractivity contribution in [2.75, 3.05) is 7.11 Å². The van der Waals surface area contributed by atoms with Crippen LogP contribution in [0, 0.1) is 11.7 Å². The smallest absolute Gasteiger partial charge is 0.408 e. The monoisotopic (exact) mass is 470 g/mol. The summed E-state index contributed by atoms with van der Waals surface area (Å²) in [5.74, 6) is 0.177. The molecule has 0 fully saturated rings. The second-order valence-electron chi connectivity index (χ2n) is 8.79. The van der Waals surface area contributed by atoms with E-state index in [0.29, 0.717) is 11.3 Å². The average molecular weight is 471 g/mol. The molecule has 1 amide bonds. The van der Waals surface area contributed by atoms with Gasteiger partial charge >= 0.3 is 6.09 Å². The standard InChI is InChI=1S/C29H27FN2O3/c1-18-12-14-25(32-29(33)35-17-19-8-4-3-5-9-19)28-27(26(18)21-10-6-7-11-23(21)30)22-16-20(34-2)13-15-24(22)31-28/h3-16,18,25-26,31H,17H2,1-2H3,(H,32,33)/t18-,25+,26+/m0/s1. The molecule has 1 aromatic heterocycles. The number of hydrogen-bond acceptors (Lipinski definition) is 3. The summed E-state index contributed by atoms with van der Waals surface area (Å²) in [6.45, 7) is 2.24. The fourth-order valence-electron chi connectivity index (χ4n) is 4.85. The lowest BCUT2D eigenvalue weighted by Gasteiger charge is -2.23. The molecular formula is C29H27FN2O3. The predicted octanol–water partition coefficient (Wildman–Crippen LogP) is 6.62. The van der Waals surface area contributed by atoms with Gasteiger partial charge in [-0.15, -0.1) is 0 Å². The number of nitrogens with one attached hydrogen (secondary N) is 2. The van der Waals surface area contributed by atoms with Crippen LogP contribution in [-0.2, 0) is 11.3 Å². The minimum atomic E-state index is -0.525.